The first-order chi connectivity index (χ1) is 29.7. The van der Waals surface area contributed by atoms with Crippen LogP contribution in [-0.4, -0.2) is 13.6 Å². The first kappa shape index (κ1) is 32.9. The van der Waals surface area contributed by atoms with Gasteiger partial charge in [-0.2, -0.15) is 0 Å². The largest absolute Gasteiger partial charge is 0.456 e. The van der Waals surface area contributed by atoms with Crippen LogP contribution < -0.4 is 28.7 Å². The summed E-state index contributed by atoms with van der Waals surface area (Å²) in [6.07, 6.45) is 0. The van der Waals surface area contributed by atoms with E-state index in [0.29, 0.717) is 0 Å². The smallest absolute Gasteiger partial charge is 0.231 e. The summed E-state index contributed by atoms with van der Waals surface area (Å²) in [5, 5.41) is 8.46. The van der Waals surface area contributed by atoms with E-state index in [-0.39, 0.29) is 13.6 Å². The first-order valence-corrected chi connectivity index (χ1v) is 19.9. The minimum Gasteiger partial charge on any atom is -0.456 e. The molecule has 2 aromatic heterocycles. The van der Waals surface area contributed by atoms with Gasteiger partial charge in [0, 0.05) is 51.0 Å². The number of fused-ring (bicyclic) bond motifs is 11. The van der Waals surface area contributed by atoms with Gasteiger partial charge in [0.25, 0.3) is 0 Å². The lowest BCUT2D eigenvalue weighted by atomic mass is 10.0. The molecule has 0 fully saturated rings. The molecule has 0 atom stereocenters. The fraction of sp³-hybridized carbons (Fsp3) is 0.0385. The molecule has 2 aliphatic rings. The molecule has 8 heteroatoms. The Morgan fingerprint density at radius 1 is 0.317 bits per heavy atom. The van der Waals surface area contributed by atoms with E-state index in [1.165, 1.54) is 0 Å². The van der Waals surface area contributed by atoms with Crippen molar-refractivity contribution in [2.24, 2.45) is 0 Å². The second kappa shape index (κ2) is 12.7. The normalized spacial score (nSPS) is 13.1. The molecule has 2 aliphatic heterocycles. The van der Waals surface area contributed by atoms with E-state index in [2.05, 4.69) is 143 Å². The number of rotatable bonds is 6. The van der Waals surface area contributed by atoms with Gasteiger partial charge in [-0.05, 0) is 131 Å². The predicted octanol–water partition coefficient (Wildman–Crippen LogP) is 14.2. The highest BCUT2D eigenvalue weighted by atomic mass is 16.7. The Hall–Kier alpha value is -8.10. The van der Waals surface area contributed by atoms with Crippen LogP contribution in [0, 0.1) is 0 Å². The molecule has 0 saturated carbocycles. The molecule has 0 amide bonds. The molecule has 60 heavy (non-hydrogen) atoms. The molecule has 0 N–H and O–H groups in total. The number of furan rings is 2. The molecule has 9 aromatic carbocycles. The average molecular weight is 781 g/mol. The van der Waals surface area contributed by atoms with Gasteiger partial charge >= 0.3 is 0 Å². The van der Waals surface area contributed by atoms with Crippen LogP contribution in [0.3, 0.4) is 0 Å². The standard InChI is InChI=1S/C52H32N2O6/c1-3-7-35(8-4-1)53(39-15-18-44-49(27-39)57-29-55-44)37-13-11-31-23-42-41-17-20-46-51(52(41)60-47(42)25-33(31)21-37)43-24-32-12-14-38(22-34(32)26-48(43)59-46)54(36-9-5-2-6-10-36)40-16-19-45-50(28-40)58-30-56-45/h1-28H,29-30H2. The first-order valence-electron chi connectivity index (χ1n) is 19.9. The summed E-state index contributed by atoms with van der Waals surface area (Å²) in [7, 11) is 0. The summed E-state index contributed by atoms with van der Waals surface area (Å²) in [5.74, 6) is 2.98. The van der Waals surface area contributed by atoms with Crippen LogP contribution in [0.4, 0.5) is 34.1 Å². The summed E-state index contributed by atoms with van der Waals surface area (Å²) in [4.78, 5) is 4.46. The van der Waals surface area contributed by atoms with E-state index in [4.69, 9.17) is 27.8 Å². The van der Waals surface area contributed by atoms with Crippen LogP contribution in [0.1, 0.15) is 0 Å². The summed E-state index contributed by atoms with van der Waals surface area (Å²) < 4.78 is 36.2. The molecule has 8 nitrogen and oxygen atoms in total. The topological polar surface area (TPSA) is 69.7 Å². The van der Waals surface area contributed by atoms with E-state index in [1.807, 2.05) is 36.4 Å². The third-order valence-electron chi connectivity index (χ3n) is 11.7. The Kier molecular flexibility index (Phi) is 6.97. The Bertz CT molecular complexity index is 3520. The van der Waals surface area contributed by atoms with Gasteiger partial charge in [-0.15, -0.1) is 0 Å². The molecule has 11 aromatic rings. The van der Waals surface area contributed by atoms with E-state index in [1.54, 1.807) is 0 Å². The average Bonchev–Trinajstić information content (AvgIpc) is 4.10. The summed E-state index contributed by atoms with van der Waals surface area (Å²) in [5.41, 5.74) is 9.29. The fourth-order valence-electron chi connectivity index (χ4n) is 8.93. The lowest BCUT2D eigenvalue weighted by Crippen LogP contribution is -2.09. The van der Waals surface area contributed by atoms with E-state index in [0.717, 1.165) is 123 Å². The van der Waals surface area contributed by atoms with Gasteiger partial charge in [-0.3, -0.25) is 0 Å². The molecule has 0 unspecified atom stereocenters. The zero-order valence-corrected chi connectivity index (χ0v) is 31.9. The van der Waals surface area contributed by atoms with Crippen molar-refractivity contribution >= 4 is 99.5 Å². The third kappa shape index (κ3) is 5.10. The summed E-state index contributed by atoms with van der Waals surface area (Å²) in [6, 6.07) is 58.9. The minimum atomic E-state index is 0.226. The Morgan fingerprint density at radius 2 is 0.817 bits per heavy atom. The maximum Gasteiger partial charge on any atom is 0.231 e. The van der Waals surface area contributed by atoms with Crippen LogP contribution in [-0.2, 0) is 0 Å². The molecule has 0 saturated heterocycles. The van der Waals surface area contributed by atoms with Crippen LogP contribution in [0.25, 0.3) is 65.4 Å². The van der Waals surface area contributed by atoms with Crippen molar-refractivity contribution in [3.63, 3.8) is 0 Å². The number of benzene rings is 9. The Balaban J connectivity index is 0.925. The monoisotopic (exact) mass is 780 g/mol. The van der Waals surface area contributed by atoms with Crippen molar-refractivity contribution in [2.45, 2.75) is 0 Å². The zero-order chi connectivity index (χ0) is 39.3. The molecule has 0 bridgehead atoms. The molecule has 13 rings (SSSR count). The van der Waals surface area contributed by atoms with Crippen LogP contribution in [0.5, 0.6) is 23.0 Å². The van der Waals surface area contributed by atoms with Gasteiger partial charge in [0.05, 0.1) is 16.8 Å². The van der Waals surface area contributed by atoms with Crippen LogP contribution in [0.15, 0.2) is 179 Å². The van der Waals surface area contributed by atoms with E-state index in [9.17, 15) is 0 Å². The number of nitrogens with zero attached hydrogens (tertiary/aromatic N) is 2. The van der Waals surface area contributed by atoms with Crippen molar-refractivity contribution in [2.75, 3.05) is 23.4 Å². The maximum atomic E-state index is 6.82. The van der Waals surface area contributed by atoms with Crippen molar-refractivity contribution in [1.29, 1.82) is 0 Å². The lowest BCUT2D eigenvalue weighted by molar-refractivity contribution is 0.173. The molecule has 0 aliphatic carbocycles. The maximum absolute atomic E-state index is 6.82. The highest BCUT2D eigenvalue weighted by Gasteiger charge is 2.22. The highest BCUT2D eigenvalue weighted by molar-refractivity contribution is 6.24. The van der Waals surface area contributed by atoms with E-state index < -0.39 is 0 Å². The van der Waals surface area contributed by atoms with Crippen molar-refractivity contribution < 1.29 is 27.8 Å². The van der Waals surface area contributed by atoms with Gasteiger partial charge < -0.3 is 37.6 Å². The second-order valence-corrected chi connectivity index (χ2v) is 15.2. The minimum absolute atomic E-state index is 0.226. The van der Waals surface area contributed by atoms with Gasteiger partial charge in [0.2, 0.25) is 13.6 Å². The van der Waals surface area contributed by atoms with Crippen molar-refractivity contribution in [1.82, 2.24) is 0 Å². The highest BCUT2D eigenvalue weighted by Crippen LogP contribution is 2.46. The zero-order valence-electron chi connectivity index (χ0n) is 31.9. The SMILES string of the molecule is c1ccc(N(c2ccc3c(c2)OCO3)c2ccc3cc4c(cc3c2)oc2c4ccc3oc4cc5cc(N(c6ccccc6)c6ccc7c(c6)OCO7)ccc5cc4c32)cc1. The third-order valence-corrected chi connectivity index (χ3v) is 11.7. The number of anilines is 6. The molecular formula is C52H32N2O6. The second-order valence-electron chi connectivity index (χ2n) is 15.2. The molecule has 0 radical (unpaired) electrons. The Morgan fingerprint density at radius 3 is 1.40 bits per heavy atom. The van der Waals surface area contributed by atoms with Gasteiger partial charge in [-0.1, -0.05) is 48.5 Å². The van der Waals surface area contributed by atoms with Crippen molar-refractivity contribution in [3.8, 4) is 23.0 Å². The summed E-state index contributed by atoms with van der Waals surface area (Å²) >= 11 is 0. The van der Waals surface area contributed by atoms with Gasteiger partial charge in [-0.25, -0.2) is 0 Å². The Labute approximate surface area is 342 Å². The lowest BCUT2D eigenvalue weighted by Gasteiger charge is -2.26. The van der Waals surface area contributed by atoms with E-state index >= 15 is 0 Å². The molecular weight excluding hydrogens is 749 g/mol. The number of hydrogen-bond donors (Lipinski definition) is 0. The molecule has 4 heterocycles. The van der Waals surface area contributed by atoms with Crippen molar-refractivity contribution in [3.05, 3.63) is 170 Å². The van der Waals surface area contributed by atoms with Gasteiger partial charge in [0.15, 0.2) is 23.0 Å². The predicted molar refractivity (Wildman–Crippen MR) is 238 cm³/mol. The number of ether oxygens (including phenoxy) is 4. The summed E-state index contributed by atoms with van der Waals surface area (Å²) in [6.45, 7) is 0.452. The fourth-order valence-corrected chi connectivity index (χ4v) is 8.93. The number of para-hydroxylation sites is 2. The molecule has 286 valence electrons. The quantitative estimate of drug-likeness (QED) is 0.165. The number of hydrogen-bond acceptors (Lipinski definition) is 8. The van der Waals surface area contributed by atoms with Crippen LogP contribution in [0.2, 0.25) is 0 Å². The molecule has 0 spiro atoms. The van der Waals surface area contributed by atoms with Gasteiger partial charge in [0.1, 0.15) is 22.3 Å². The van der Waals surface area contributed by atoms with Crippen LogP contribution >= 0.6 is 0 Å².